The van der Waals surface area contributed by atoms with Gasteiger partial charge in [-0.1, -0.05) is 0 Å². The Labute approximate surface area is 154 Å². The minimum atomic E-state index is -0.142. The van der Waals surface area contributed by atoms with Gasteiger partial charge in [-0.25, -0.2) is 4.98 Å². The highest BCUT2D eigenvalue weighted by Gasteiger charge is 2.35. The number of benzene rings is 1. The molecule has 2 heterocycles. The van der Waals surface area contributed by atoms with Gasteiger partial charge in [-0.15, -0.1) is 0 Å². The molecule has 2 unspecified atom stereocenters. The maximum absolute atomic E-state index is 11.8. The molecule has 0 radical (unpaired) electrons. The van der Waals surface area contributed by atoms with E-state index in [1.807, 2.05) is 25.5 Å². The number of nitrogens with zero attached hydrogens (tertiary/aromatic N) is 3. The molecule has 3 rings (SSSR count). The van der Waals surface area contributed by atoms with Crippen molar-refractivity contribution in [2.75, 3.05) is 25.2 Å². The molecule has 1 aliphatic rings. The maximum Gasteiger partial charge on any atom is 0.307 e. The van der Waals surface area contributed by atoms with Crippen molar-refractivity contribution in [2.24, 2.45) is 0 Å². The van der Waals surface area contributed by atoms with Crippen LogP contribution in [0.2, 0.25) is 0 Å². The van der Waals surface area contributed by atoms with Crippen LogP contribution in [0.15, 0.2) is 36.9 Å². The van der Waals surface area contributed by atoms with Gasteiger partial charge in [0.05, 0.1) is 26.5 Å². The second-order valence-corrected chi connectivity index (χ2v) is 6.61. The first-order valence-electron chi connectivity index (χ1n) is 9.20. The molecule has 0 amide bonds. The molecule has 6 nitrogen and oxygen atoms in total. The molecule has 0 bridgehead atoms. The van der Waals surface area contributed by atoms with Crippen molar-refractivity contribution in [3.8, 4) is 5.75 Å². The lowest BCUT2D eigenvalue weighted by Crippen LogP contribution is -2.34. The predicted octanol–water partition coefficient (Wildman–Crippen LogP) is 3.23. The third-order valence-corrected chi connectivity index (χ3v) is 5.14. The number of hydrogen-bond acceptors (Lipinski definition) is 5. The molecule has 2 atom stereocenters. The summed E-state index contributed by atoms with van der Waals surface area (Å²) in [7, 11) is 1.69. The molecule has 2 aromatic rings. The van der Waals surface area contributed by atoms with Crippen LogP contribution in [0.1, 0.15) is 38.2 Å². The zero-order valence-corrected chi connectivity index (χ0v) is 15.7. The number of carbonyl (C=O) groups excluding carboxylic acids is 1. The second-order valence-electron chi connectivity index (χ2n) is 6.61. The Bertz CT molecular complexity index is 730. The number of anilines is 1. The number of ether oxygens (including phenoxy) is 2. The van der Waals surface area contributed by atoms with Crippen molar-refractivity contribution >= 4 is 11.7 Å². The van der Waals surface area contributed by atoms with Gasteiger partial charge in [0.2, 0.25) is 0 Å². The average molecular weight is 357 g/mol. The number of methoxy groups -OCH3 is 1. The van der Waals surface area contributed by atoms with Crippen LogP contribution in [0.25, 0.3) is 0 Å². The van der Waals surface area contributed by atoms with Crippen LogP contribution in [0.5, 0.6) is 5.75 Å². The van der Waals surface area contributed by atoms with E-state index >= 15 is 0 Å². The summed E-state index contributed by atoms with van der Waals surface area (Å²) in [6.07, 6.45) is 7.06. The molecule has 1 aliphatic heterocycles. The minimum Gasteiger partial charge on any atom is -0.497 e. The SMILES string of the molecule is CCOC(=O)CCN1c2ccc(OC)cc2C(CCn2ccnc2)C1C. The minimum absolute atomic E-state index is 0.142. The fourth-order valence-electron chi connectivity index (χ4n) is 3.79. The number of fused-ring (bicyclic) bond motifs is 1. The van der Waals surface area contributed by atoms with Crippen molar-refractivity contribution in [1.82, 2.24) is 9.55 Å². The molecule has 6 heteroatoms. The summed E-state index contributed by atoms with van der Waals surface area (Å²) in [6, 6.07) is 6.54. The van der Waals surface area contributed by atoms with Crippen LogP contribution in [-0.2, 0) is 16.1 Å². The van der Waals surface area contributed by atoms with Gasteiger partial charge in [0, 0.05) is 43.1 Å². The van der Waals surface area contributed by atoms with Crippen LogP contribution in [0.4, 0.5) is 5.69 Å². The lowest BCUT2D eigenvalue weighted by molar-refractivity contribution is -0.142. The summed E-state index contributed by atoms with van der Waals surface area (Å²) in [5, 5.41) is 0. The largest absolute Gasteiger partial charge is 0.497 e. The molecule has 0 N–H and O–H groups in total. The Morgan fingerprint density at radius 1 is 1.31 bits per heavy atom. The van der Waals surface area contributed by atoms with Crippen molar-refractivity contribution in [3.63, 3.8) is 0 Å². The van der Waals surface area contributed by atoms with Gasteiger partial charge in [-0.2, -0.15) is 0 Å². The zero-order chi connectivity index (χ0) is 18.5. The molecule has 26 heavy (non-hydrogen) atoms. The molecule has 0 saturated heterocycles. The summed E-state index contributed by atoms with van der Waals surface area (Å²) in [6.45, 7) is 6.08. The maximum atomic E-state index is 11.8. The van der Waals surface area contributed by atoms with Crippen LogP contribution >= 0.6 is 0 Å². The Morgan fingerprint density at radius 3 is 2.85 bits per heavy atom. The normalized spacial score (nSPS) is 18.7. The van der Waals surface area contributed by atoms with E-state index in [0.717, 1.165) is 18.7 Å². The number of carbonyl (C=O) groups is 1. The van der Waals surface area contributed by atoms with Gasteiger partial charge in [0.1, 0.15) is 5.75 Å². The third kappa shape index (κ3) is 3.84. The van der Waals surface area contributed by atoms with Crippen LogP contribution in [0.3, 0.4) is 0 Å². The number of aryl methyl sites for hydroxylation is 1. The van der Waals surface area contributed by atoms with Crippen molar-refractivity contribution in [1.29, 1.82) is 0 Å². The highest BCUT2D eigenvalue weighted by Crippen LogP contribution is 2.44. The van der Waals surface area contributed by atoms with Crippen molar-refractivity contribution < 1.29 is 14.3 Å². The van der Waals surface area contributed by atoms with Gasteiger partial charge in [0.25, 0.3) is 0 Å². The molecule has 140 valence electrons. The van der Waals surface area contributed by atoms with E-state index in [1.165, 1.54) is 11.3 Å². The van der Waals surface area contributed by atoms with E-state index < -0.39 is 0 Å². The summed E-state index contributed by atoms with van der Waals surface area (Å²) < 4.78 is 12.6. The Hall–Kier alpha value is -2.50. The number of imidazole rings is 1. The number of aromatic nitrogens is 2. The second kappa shape index (κ2) is 8.25. The van der Waals surface area contributed by atoms with Crippen LogP contribution in [-0.4, -0.2) is 41.8 Å². The average Bonchev–Trinajstić information content (AvgIpc) is 3.24. The smallest absolute Gasteiger partial charge is 0.307 e. The van der Waals surface area contributed by atoms with Crippen LogP contribution in [0, 0.1) is 0 Å². The van der Waals surface area contributed by atoms with E-state index in [2.05, 4.69) is 33.5 Å². The Kier molecular flexibility index (Phi) is 5.81. The Balaban J connectivity index is 1.78. The summed E-state index contributed by atoms with van der Waals surface area (Å²) in [5.41, 5.74) is 2.49. The molecule has 0 fully saturated rings. The van der Waals surface area contributed by atoms with Crippen molar-refractivity contribution in [3.05, 3.63) is 42.5 Å². The van der Waals surface area contributed by atoms with Crippen LogP contribution < -0.4 is 9.64 Å². The molecule has 0 saturated carbocycles. The first-order chi connectivity index (χ1) is 12.6. The summed E-state index contributed by atoms with van der Waals surface area (Å²) in [4.78, 5) is 18.2. The third-order valence-electron chi connectivity index (χ3n) is 5.14. The summed E-state index contributed by atoms with van der Waals surface area (Å²) in [5.74, 6) is 1.11. The molecular formula is C20H27N3O3. The number of hydrogen-bond donors (Lipinski definition) is 0. The van der Waals surface area contributed by atoms with Gasteiger partial charge < -0.3 is 18.9 Å². The molecule has 0 aliphatic carbocycles. The van der Waals surface area contributed by atoms with Gasteiger partial charge in [-0.3, -0.25) is 4.79 Å². The predicted molar refractivity (Wildman–Crippen MR) is 101 cm³/mol. The first kappa shape index (κ1) is 18.3. The van der Waals surface area contributed by atoms with Gasteiger partial charge >= 0.3 is 5.97 Å². The molecular weight excluding hydrogens is 330 g/mol. The van der Waals surface area contributed by atoms with E-state index in [4.69, 9.17) is 9.47 Å². The lowest BCUT2D eigenvalue weighted by atomic mass is 9.92. The highest BCUT2D eigenvalue weighted by molar-refractivity contribution is 5.71. The topological polar surface area (TPSA) is 56.6 Å². The number of esters is 1. The van der Waals surface area contributed by atoms with Gasteiger partial charge in [0.15, 0.2) is 0 Å². The van der Waals surface area contributed by atoms with Gasteiger partial charge in [-0.05, 0) is 44.0 Å². The quantitative estimate of drug-likeness (QED) is 0.679. The fraction of sp³-hybridized carbons (Fsp3) is 0.500. The van der Waals surface area contributed by atoms with E-state index in [1.54, 1.807) is 13.3 Å². The molecule has 1 aromatic carbocycles. The fourth-order valence-corrected chi connectivity index (χ4v) is 3.79. The molecule has 1 aromatic heterocycles. The molecule has 0 spiro atoms. The number of rotatable bonds is 8. The van der Waals surface area contributed by atoms with E-state index in [9.17, 15) is 4.79 Å². The summed E-state index contributed by atoms with van der Waals surface area (Å²) >= 11 is 0. The van der Waals surface area contributed by atoms with Crippen molar-refractivity contribution in [2.45, 2.75) is 45.2 Å². The van der Waals surface area contributed by atoms with E-state index in [0.29, 0.717) is 31.5 Å². The Morgan fingerprint density at radius 2 is 2.15 bits per heavy atom. The first-order valence-corrected chi connectivity index (χ1v) is 9.20. The highest BCUT2D eigenvalue weighted by atomic mass is 16.5. The van der Waals surface area contributed by atoms with E-state index in [-0.39, 0.29) is 5.97 Å². The monoisotopic (exact) mass is 357 g/mol. The lowest BCUT2D eigenvalue weighted by Gasteiger charge is -2.27. The zero-order valence-electron chi connectivity index (χ0n) is 15.7. The standard InChI is InChI=1S/C20H27N3O3/c1-4-26-20(24)8-11-23-15(2)17(7-10-22-12-9-21-14-22)18-13-16(25-3)5-6-19(18)23/h5-6,9,12-15,17H,4,7-8,10-11H2,1-3H3.